The van der Waals surface area contributed by atoms with Crippen LogP contribution in [-0.4, -0.2) is 16.4 Å². The van der Waals surface area contributed by atoms with Gasteiger partial charge in [0.25, 0.3) is 0 Å². The van der Waals surface area contributed by atoms with Crippen LogP contribution in [0.1, 0.15) is 40.7 Å². The van der Waals surface area contributed by atoms with Gasteiger partial charge in [-0.3, -0.25) is 4.79 Å². The van der Waals surface area contributed by atoms with Crippen molar-refractivity contribution in [3.05, 3.63) is 28.6 Å². The lowest BCUT2D eigenvalue weighted by molar-refractivity contribution is 0.111. The fourth-order valence-electron chi connectivity index (χ4n) is 1.46. The lowest BCUT2D eigenvalue weighted by Gasteiger charge is -2.07. The molecule has 0 aromatic carbocycles. The summed E-state index contributed by atoms with van der Waals surface area (Å²) in [5.74, 6) is 0. The number of nitrogens with zero attached hydrogens (tertiary/aromatic N) is 1. The summed E-state index contributed by atoms with van der Waals surface area (Å²) >= 11 is 0. The molecule has 0 radical (unpaired) electrons. The molecule has 3 nitrogen and oxygen atoms in total. The minimum atomic E-state index is -0.127. The minimum Gasteiger partial charge on any atom is -0.392 e. The van der Waals surface area contributed by atoms with E-state index in [4.69, 9.17) is 5.11 Å². The maximum Gasteiger partial charge on any atom is 0.168 e. The average Bonchev–Trinajstić information content (AvgIpc) is 2.20. The van der Waals surface area contributed by atoms with E-state index in [1.807, 2.05) is 13.0 Å². The first-order chi connectivity index (χ1) is 6.72. The van der Waals surface area contributed by atoms with Crippen molar-refractivity contribution < 1.29 is 9.90 Å². The molecule has 0 saturated heterocycles. The molecule has 0 unspecified atom stereocenters. The fraction of sp³-hybridized carbons (Fsp3) is 0.455. The number of hydrogen-bond acceptors (Lipinski definition) is 3. The topological polar surface area (TPSA) is 50.2 Å². The largest absolute Gasteiger partial charge is 0.392 e. The van der Waals surface area contributed by atoms with E-state index in [1.54, 1.807) is 0 Å². The summed E-state index contributed by atoms with van der Waals surface area (Å²) in [6.07, 6.45) is 2.66. The summed E-state index contributed by atoms with van der Waals surface area (Å²) < 4.78 is 0. The molecule has 76 valence electrons. The number of aliphatic hydroxyl groups is 1. The molecule has 0 aliphatic heterocycles. The summed E-state index contributed by atoms with van der Waals surface area (Å²) in [4.78, 5) is 14.8. The third-order valence-corrected chi connectivity index (χ3v) is 2.23. The van der Waals surface area contributed by atoms with Crippen LogP contribution in [0.15, 0.2) is 6.07 Å². The SMILES string of the molecule is CCCc1cc(CO)c(C=O)nc1C. The molecule has 0 aliphatic carbocycles. The van der Waals surface area contributed by atoms with Crippen LogP contribution in [0.25, 0.3) is 0 Å². The monoisotopic (exact) mass is 193 g/mol. The number of aryl methyl sites for hydroxylation is 2. The summed E-state index contributed by atoms with van der Waals surface area (Å²) in [5, 5.41) is 9.03. The summed E-state index contributed by atoms with van der Waals surface area (Å²) in [6.45, 7) is 3.85. The number of hydrogen-bond donors (Lipinski definition) is 1. The quantitative estimate of drug-likeness (QED) is 0.740. The molecule has 1 N–H and O–H groups in total. The van der Waals surface area contributed by atoms with Gasteiger partial charge in [-0.05, 0) is 25.0 Å². The van der Waals surface area contributed by atoms with Crippen molar-refractivity contribution in [3.8, 4) is 0 Å². The van der Waals surface area contributed by atoms with Gasteiger partial charge in [0.05, 0.1) is 6.61 Å². The predicted octanol–water partition coefficient (Wildman–Crippen LogP) is 1.65. The van der Waals surface area contributed by atoms with Crippen molar-refractivity contribution in [3.63, 3.8) is 0 Å². The minimum absolute atomic E-state index is 0.127. The molecule has 0 fully saturated rings. The highest BCUT2D eigenvalue weighted by Gasteiger charge is 2.07. The molecule has 1 aromatic rings. The molecule has 1 aromatic heterocycles. The summed E-state index contributed by atoms with van der Waals surface area (Å²) in [5.41, 5.74) is 2.97. The Morgan fingerprint density at radius 3 is 2.71 bits per heavy atom. The molecule has 0 atom stereocenters. The normalized spacial score (nSPS) is 10.2. The highest BCUT2D eigenvalue weighted by molar-refractivity contribution is 5.74. The van der Waals surface area contributed by atoms with Crippen LogP contribution in [-0.2, 0) is 13.0 Å². The molecule has 0 bridgehead atoms. The van der Waals surface area contributed by atoms with Crippen LogP contribution in [0.4, 0.5) is 0 Å². The second kappa shape index (κ2) is 4.86. The lowest BCUT2D eigenvalue weighted by atomic mass is 10.0. The lowest BCUT2D eigenvalue weighted by Crippen LogP contribution is -2.02. The molecular weight excluding hydrogens is 178 g/mol. The molecule has 1 rings (SSSR count). The Kier molecular flexibility index (Phi) is 3.77. The average molecular weight is 193 g/mol. The number of carbonyl (C=O) groups is 1. The Bertz CT molecular complexity index is 334. The second-order valence-electron chi connectivity index (χ2n) is 3.30. The first kappa shape index (κ1) is 10.9. The van der Waals surface area contributed by atoms with Gasteiger partial charge in [0.2, 0.25) is 0 Å². The number of carbonyl (C=O) groups excluding carboxylic acids is 1. The zero-order valence-electron chi connectivity index (χ0n) is 8.58. The zero-order chi connectivity index (χ0) is 10.6. The number of aromatic nitrogens is 1. The summed E-state index contributed by atoms with van der Waals surface area (Å²) in [7, 11) is 0. The van der Waals surface area contributed by atoms with Gasteiger partial charge in [-0.15, -0.1) is 0 Å². The van der Waals surface area contributed by atoms with Crippen molar-refractivity contribution >= 4 is 6.29 Å². The van der Waals surface area contributed by atoms with Crippen LogP contribution >= 0.6 is 0 Å². The van der Waals surface area contributed by atoms with E-state index in [0.717, 1.165) is 24.1 Å². The number of rotatable bonds is 4. The molecule has 1 heterocycles. The Hall–Kier alpha value is -1.22. The van der Waals surface area contributed by atoms with E-state index >= 15 is 0 Å². The van der Waals surface area contributed by atoms with Crippen molar-refractivity contribution in [2.45, 2.75) is 33.3 Å². The Morgan fingerprint density at radius 2 is 2.21 bits per heavy atom. The van der Waals surface area contributed by atoms with Crippen molar-refractivity contribution in [1.82, 2.24) is 4.98 Å². The van der Waals surface area contributed by atoms with Crippen LogP contribution in [0.3, 0.4) is 0 Å². The van der Waals surface area contributed by atoms with Crippen molar-refractivity contribution in [2.24, 2.45) is 0 Å². The molecule has 0 saturated carbocycles. The first-order valence-corrected chi connectivity index (χ1v) is 4.78. The van der Waals surface area contributed by atoms with E-state index in [-0.39, 0.29) is 6.61 Å². The highest BCUT2D eigenvalue weighted by atomic mass is 16.3. The van der Waals surface area contributed by atoms with Gasteiger partial charge in [0.1, 0.15) is 5.69 Å². The van der Waals surface area contributed by atoms with E-state index in [1.165, 1.54) is 0 Å². The smallest absolute Gasteiger partial charge is 0.168 e. The van der Waals surface area contributed by atoms with Crippen LogP contribution in [0, 0.1) is 6.92 Å². The Balaban J connectivity index is 3.15. The van der Waals surface area contributed by atoms with Crippen LogP contribution in [0.2, 0.25) is 0 Å². The van der Waals surface area contributed by atoms with Crippen LogP contribution < -0.4 is 0 Å². The molecule has 0 aliphatic rings. The molecule has 14 heavy (non-hydrogen) atoms. The number of aldehydes is 1. The number of pyridine rings is 1. The number of aliphatic hydroxyl groups excluding tert-OH is 1. The maximum atomic E-state index is 10.6. The van der Waals surface area contributed by atoms with Crippen molar-refractivity contribution in [2.75, 3.05) is 0 Å². The van der Waals surface area contributed by atoms with Gasteiger partial charge in [-0.25, -0.2) is 4.98 Å². The van der Waals surface area contributed by atoms with Gasteiger partial charge in [-0.2, -0.15) is 0 Å². The molecule has 3 heteroatoms. The predicted molar refractivity (Wildman–Crippen MR) is 54.3 cm³/mol. The van der Waals surface area contributed by atoms with Gasteiger partial charge in [-0.1, -0.05) is 13.3 Å². The molecule has 0 amide bonds. The van der Waals surface area contributed by atoms with Gasteiger partial charge in [0, 0.05) is 11.3 Å². The zero-order valence-corrected chi connectivity index (χ0v) is 8.58. The second-order valence-corrected chi connectivity index (χ2v) is 3.30. The van der Waals surface area contributed by atoms with Gasteiger partial charge >= 0.3 is 0 Å². The standard InChI is InChI=1S/C11H15NO2/c1-3-4-9-5-10(6-13)11(7-14)12-8(9)2/h5,7,13H,3-4,6H2,1-2H3. The first-order valence-electron chi connectivity index (χ1n) is 4.78. The Morgan fingerprint density at radius 1 is 1.50 bits per heavy atom. The third-order valence-electron chi connectivity index (χ3n) is 2.23. The fourth-order valence-corrected chi connectivity index (χ4v) is 1.46. The summed E-state index contributed by atoms with van der Waals surface area (Å²) in [6, 6.07) is 1.87. The van der Waals surface area contributed by atoms with Crippen LogP contribution in [0.5, 0.6) is 0 Å². The van der Waals surface area contributed by atoms with Gasteiger partial charge in [0.15, 0.2) is 6.29 Å². The van der Waals surface area contributed by atoms with Gasteiger partial charge < -0.3 is 5.11 Å². The molecular formula is C11H15NO2. The molecule has 0 spiro atoms. The third kappa shape index (κ3) is 2.17. The van der Waals surface area contributed by atoms with E-state index in [9.17, 15) is 4.79 Å². The van der Waals surface area contributed by atoms with E-state index in [0.29, 0.717) is 17.5 Å². The maximum absolute atomic E-state index is 10.6. The Labute approximate surface area is 83.8 Å². The van der Waals surface area contributed by atoms with Crippen molar-refractivity contribution in [1.29, 1.82) is 0 Å². The highest BCUT2D eigenvalue weighted by Crippen LogP contribution is 2.13. The van der Waals surface area contributed by atoms with E-state index < -0.39 is 0 Å². The van der Waals surface area contributed by atoms with E-state index in [2.05, 4.69) is 11.9 Å².